The highest BCUT2D eigenvalue weighted by molar-refractivity contribution is 14.1. The van der Waals surface area contributed by atoms with Crippen LogP contribution in [0.1, 0.15) is 12.0 Å². The van der Waals surface area contributed by atoms with Crippen LogP contribution < -0.4 is 5.32 Å². The number of hydrogen-bond donors (Lipinski definition) is 1. The maximum Gasteiger partial charge on any atom is 0.407 e. The van der Waals surface area contributed by atoms with Gasteiger partial charge in [0.15, 0.2) is 0 Å². The van der Waals surface area contributed by atoms with Gasteiger partial charge in [-0.1, -0.05) is 52.9 Å². The molecule has 3 aliphatic rings. The molecule has 3 fully saturated rings. The first-order valence-corrected chi connectivity index (χ1v) is 8.71. The lowest BCUT2D eigenvalue weighted by molar-refractivity contribution is -0.143. The molecule has 2 saturated carbocycles. The Hall–Kier alpha value is -1.31. The van der Waals surface area contributed by atoms with Crippen LogP contribution in [-0.2, 0) is 20.9 Å². The first-order valence-electron chi connectivity index (χ1n) is 7.47. The molecule has 1 aromatic carbocycles. The zero-order valence-corrected chi connectivity index (χ0v) is 13.9. The van der Waals surface area contributed by atoms with Crippen molar-refractivity contribution in [3.8, 4) is 0 Å². The van der Waals surface area contributed by atoms with Crippen molar-refractivity contribution >= 4 is 34.7 Å². The number of alkyl halides is 1. The van der Waals surface area contributed by atoms with E-state index >= 15 is 0 Å². The zero-order valence-electron chi connectivity index (χ0n) is 11.8. The SMILES string of the molecule is O=C(N[C@@H]1[C@H]2C[C@H]3[C@H](OC(=O)[C@@H]31)[C@@H]2I)OCc1ccccc1. The van der Waals surface area contributed by atoms with Gasteiger partial charge in [0.2, 0.25) is 0 Å². The van der Waals surface area contributed by atoms with Crippen molar-refractivity contribution in [2.45, 2.75) is 29.1 Å². The monoisotopic (exact) mass is 413 g/mol. The summed E-state index contributed by atoms with van der Waals surface area (Å²) in [7, 11) is 0. The number of esters is 1. The Morgan fingerprint density at radius 2 is 2.09 bits per heavy atom. The van der Waals surface area contributed by atoms with Crippen molar-refractivity contribution in [3.63, 3.8) is 0 Å². The molecule has 1 saturated heterocycles. The Kier molecular flexibility index (Phi) is 3.51. The number of ether oxygens (including phenoxy) is 2. The summed E-state index contributed by atoms with van der Waals surface area (Å²) < 4.78 is 11.0. The average molecular weight is 413 g/mol. The lowest BCUT2D eigenvalue weighted by atomic mass is 9.85. The molecule has 0 radical (unpaired) electrons. The number of nitrogens with one attached hydrogen (secondary N) is 1. The van der Waals surface area contributed by atoms with Gasteiger partial charge in [0.05, 0.1) is 9.84 Å². The molecule has 22 heavy (non-hydrogen) atoms. The number of rotatable bonds is 3. The van der Waals surface area contributed by atoms with Crippen LogP contribution in [0.5, 0.6) is 0 Å². The topological polar surface area (TPSA) is 64.6 Å². The minimum absolute atomic E-state index is 0.0430. The number of alkyl carbamates (subject to hydrolysis) is 1. The highest BCUT2D eigenvalue weighted by Gasteiger charge is 2.66. The van der Waals surface area contributed by atoms with Gasteiger partial charge in [0, 0.05) is 12.0 Å². The van der Waals surface area contributed by atoms with E-state index in [1.54, 1.807) is 0 Å². The summed E-state index contributed by atoms with van der Waals surface area (Å²) in [5, 5.41) is 2.90. The molecule has 4 rings (SSSR count). The molecular weight excluding hydrogens is 397 g/mol. The number of carbonyl (C=O) groups is 2. The van der Waals surface area contributed by atoms with Gasteiger partial charge in [-0.25, -0.2) is 4.79 Å². The normalized spacial score (nSPS) is 38.0. The quantitative estimate of drug-likeness (QED) is 0.469. The lowest BCUT2D eigenvalue weighted by Crippen LogP contribution is -2.48. The smallest absolute Gasteiger partial charge is 0.407 e. The fourth-order valence-corrected chi connectivity index (χ4v) is 5.49. The number of fused-ring (bicyclic) bond motifs is 1. The van der Waals surface area contributed by atoms with E-state index in [-0.39, 0.29) is 40.5 Å². The van der Waals surface area contributed by atoms with Gasteiger partial charge in [-0.2, -0.15) is 0 Å². The van der Waals surface area contributed by atoms with Crippen molar-refractivity contribution in [2.24, 2.45) is 17.8 Å². The first kappa shape index (κ1) is 14.3. The summed E-state index contributed by atoms with van der Waals surface area (Å²) in [4.78, 5) is 24.0. The zero-order chi connectivity index (χ0) is 15.3. The number of halogens is 1. The van der Waals surface area contributed by atoms with E-state index in [2.05, 4.69) is 27.9 Å². The van der Waals surface area contributed by atoms with Crippen LogP contribution in [0.3, 0.4) is 0 Å². The highest BCUT2D eigenvalue weighted by Crippen LogP contribution is 2.56. The van der Waals surface area contributed by atoms with Gasteiger partial charge in [-0.15, -0.1) is 0 Å². The Bertz CT molecular complexity index is 607. The molecule has 5 nitrogen and oxygen atoms in total. The molecule has 1 heterocycles. The molecule has 2 aliphatic carbocycles. The van der Waals surface area contributed by atoms with Gasteiger partial charge in [-0.05, 0) is 17.9 Å². The summed E-state index contributed by atoms with van der Waals surface area (Å²) >= 11 is 2.35. The molecule has 1 aromatic rings. The maximum absolute atomic E-state index is 12.0. The van der Waals surface area contributed by atoms with E-state index in [1.807, 2.05) is 30.3 Å². The molecule has 2 bridgehead atoms. The van der Waals surface area contributed by atoms with Crippen LogP contribution in [0.2, 0.25) is 0 Å². The molecule has 116 valence electrons. The minimum Gasteiger partial charge on any atom is -0.461 e. The summed E-state index contributed by atoms with van der Waals surface area (Å²) in [6.45, 7) is 0.235. The highest BCUT2D eigenvalue weighted by atomic mass is 127. The molecular formula is C16H16INO4. The summed E-state index contributed by atoms with van der Waals surface area (Å²) in [5.74, 6) is 0.213. The van der Waals surface area contributed by atoms with Gasteiger partial charge in [-0.3, -0.25) is 4.79 Å². The lowest BCUT2D eigenvalue weighted by Gasteiger charge is -2.28. The van der Waals surface area contributed by atoms with E-state index in [1.165, 1.54) is 0 Å². The molecule has 0 aromatic heterocycles. The Morgan fingerprint density at radius 3 is 2.86 bits per heavy atom. The van der Waals surface area contributed by atoms with Gasteiger partial charge < -0.3 is 14.8 Å². The van der Waals surface area contributed by atoms with Crippen molar-refractivity contribution < 1.29 is 19.1 Å². The van der Waals surface area contributed by atoms with Crippen molar-refractivity contribution in [1.29, 1.82) is 0 Å². The van der Waals surface area contributed by atoms with Crippen LogP contribution in [0.15, 0.2) is 30.3 Å². The number of amides is 1. The van der Waals surface area contributed by atoms with Gasteiger partial charge in [0.25, 0.3) is 0 Å². The molecule has 1 N–H and O–H groups in total. The van der Waals surface area contributed by atoms with Crippen LogP contribution in [0.25, 0.3) is 0 Å². The number of carbonyl (C=O) groups excluding carboxylic acids is 2. The molecule has 6 heteroatoms. The second-order valence-corrected chi connectivity index (χ2v) is 7.61. The molecule has 1 amide bonds. The van der Waals surface area contributed by atoms with E-state index < -0.39 is 6.09 Å². The van der Waals surface area contributed by atoms with Crippen molar-refractivity contribution in [1.82, 2.24) is 5.32 Å². The number of hydrogen-bond acceptors (Lipinski definition) is 4. The first-order chi connectivity index (χ1) is 10.6. The van der Waals surface area contributed by atoms with Crippen LogP contribution in [0.4, 0.5) is 4.79 Å². The van der Waals surface area contributed by atoms with Crippen LogP contribution in [0, 0.1) is 17.8 Å². The summed E-state index contributed by atoms with van der Waals surface area (Å²) in [6.07, 6.45) is 0.543. The van der Waals surface area contributed by atoms with Crippen molar-refractivity contribution in [2.75, 3.05) is 0 Å². The van der Waals surface area contributed by atoms with Gasteiger partial charge in [0.1, 0.15) is 12.7 Å². The van der Waals surface area contributed by atoms with E-state index in [0.29, 0.717) is 5.92 Å². The summed E-state index contributed by atoms with van der Waals surface area (Å²) in [6, 6.07) is 9.39. The Labute approximate surface area is 141 Å². The van der Waals surface area contributed by atoms with Crippen LogP contribution >= 0.6 is 22.6 Å². The third-order valence-electron chi connectivity index (χ3n) is 5.02. The third kappa shape index (κ3) is 2.19. The fraction of sp³-hybridized carbons (Fsp3) is 0.500. The molecule has 1 aliphatic heterocycles. The molecule has 0 spiro atoms. The van der Waals surface area contributed by atoms with E-state index in [9.17, 15) is 9.59 Å². The predicted molar refractivity (Wildman–Crippen MR) is 86.3 cm³/mol. The van der Waals surface area contributed by atoms with Crippen molar-refractivity contribution in [3.05, 3.63) is 35.9 Å². The average Bonchev–Trinajstić information content (AvgIpc) is 3.11. The second kappa shape index (κ2) is 5.40. The Balaban J connectivity index is 1.39. The predicted octanol–water partition coefficient (Wildman–Crippen LogP) is 2.28. The standard InChI is InChI=1S/C16H16INO4/c17-12-10-6-9-11(15(19)22-14(9)12)13(10)18-16(20)21-7-8-4-2-1-3-5-8/h1-5,9-14H,6-7H2,(H,18,20)/t9-,10+,11+,12-,13-,14+/m1/s1. The summed E-state index contributed by atoms with van der Waals surface area (Å²) in [5.41, 5.74) is 0.942. The maximum atomic E-state index is 12.0. The third-order valence-corrected chi connectivity index (χ3v) is 6.65. The largest absolute Gasteiger partial charge is 0.461 e. The fourth-order valence-electron chi connectivity index (χ4n) is 4.07. The van der Waals surface area contributed by atoms with E-state index in [0.717, 1.165) is 12.0 Å². The van der Waals surface area contributed by atoms with Crippen LogP contribution in [-0.4, -0.2) is 28.1 Å². The molecule has 6 atom stereocenters. The van der Waals surface area contributed by atoms with Gasteiger partial charge >= 0.3 is 12.1 Å². The second-order valence-electron chi connectivity index (χ2n) is 6.17. The minimum atomic E-state index is -0.457. The molecule has 0 unspecified atom stereocenters. The van der Waals surface area contributed by atoms with E-state index in [4.69, 9.17) is 9.47 Å². The number of benzene rings is 1. The Morgan fingerprint density at radius 1 is 1.32 bits per heavy atom.